The molecule has 0 atom stereocenters. The quantitative estimate of drug-likeness (QED) is 0.840. The van der Waals surface area contributed by atoms with E-state index in [4.69, 9.17) is 9.47 Å². The van der Waals surface area contributed by atoms with Crippen molar-refractivity contribution in [2.45, 2.75) is 13.3 Å². The lowest BCUT2D eigenvalue weighted by Gasteiger charge is -2.09. The molecule has 0 radical (unpaired) electrons. The maximum absolute atomic E-state index is 11.4. The average molecular weight is 260 g/mol. The molecule has 4 nitrogen and oxygen atoms in total. The Balaban J connectivity index is 2.12. The second-order valence-corrected chi connectivity index (χ2v) is 4.17. The van der Waals surface area contributed by atoms with Gasteiger partial charge in [-0.2, -0.15) is 0 Å². The number of carbonyl (C=O) groups is 1. The van der Waals surface area contributed by atoms with Gasteiger partial charge in [0.25, 0.3) is 0 Å². The van der Waals surface area contributed by atoms with Crippen LogP contribution in [0.3, 0.4) is 0 Å². The summed E-state index contributed by atoms with van der Waals surface area (Å²) in [5.74, 6) is 0.331. The van der Waals surface area contributed by atoms with Gasteiger partial charge < -0.3 is 14.6 Å². The maximum Gasteiger partial charge on any atom is 0.344 e. The van der Waals surface area contributed by atoms with Gasteiger partial charge in [-0.05, 0) is 30.0 Å². The lowest BCUT2D eigenvalue weighted by atomic mass is 10.1. The molecule has 0 saturated heterocycles. The SMILES string of the molecule is CCCOC(=O)COc1cccc2ccc(O)cc12. The van der Waals surface area contributed by atoms with Gasteiger partial charge in [-0.3, -0.25) is 0 Å². The van der Waals surface area contributed by atoms with E-state index in [-0.39, 0.29) is 18.3 Å². The van der Waals surface area contributed by atoms with Gasteiger partial charge in [0.05, 0.1) is 6.61 Å². The van der Waals surface area contributed by atoms with Crippen molar-refractivity contribution < 1.29 is 19.4 Å². The molecule has 0 heterocycles. The highest BCUT2D eigenvalue weighted by atomic mass is 16.6. The minimum absolute atomic E-state index is 0.130. The van der Waals surface area contributed by atoms with E-state index >= 15 is 0 Å². The standard InChI is InChI=1S/C15H16O4/c1-2-8-18-15(17)10-19-14-5-3-4-11-6-7-12(16)9-13(11)14/h3-7,9,16H,2,8,10H2,1H3. The van der Waals surface area contributed by atoms with Crippen LogP contribution in [-0.2, 0) is 9.53 Å². The molecular formula is C15H16O4. The van der Waals surface area contributed by atoms with E-state index in [1.165, 1.54) is 0 Å². The lowest BCUT2D eigenvalue weighted by Crippen LogP contribution is -2.15. The molecule has 0 aliphatic carbocycles. The third-order valence-electron chi connectivity index (χ3n) is 2.64. The minimum atomic E-state index is -0.390. The number of hydrogen-bond acceptors (Lipinski definition) is 4. The van der Waals surface area contributed by atoms with Gasteiger partial charge in [0.15, 0.2) is 6.61 Å². The molecule has 100 valence electrons. The number of ether oxygens (including phenoxy) is 2. The molecule has 0 unspecified atom stereocenters. The van der Waals surface area contributed by atoms with Crippen molar-refractivity contribution >= 4 is 16.7 Å². The van der Waals surface area contributed by atoms with E-state index in [1.807, 2.05) is 19.1 Å². The first kappa shape index (κ1) is 13.2. The first-order valence-corrected chi connectivity index (χ1v) is 6.21. The molecule has 0 aliphatic rings. The number of phenolic OH excluding ortho intramolecular Hbond substituents is 1. The predicted octanol–water partition coefficient (Wildman–Crippen LogP) is 2.88. The molecular weight excluding hydrogens is 244 g/mol. The highest BCUT2D eigenvalue weighted by Gasteiger charge is 2.07. The number of rotatable bonds is 5. The van der Waals surface area contributed by atoms with Gasteiger partial charge >= 0.3 is 5.97 Å². The van der Waals surface area contributed by atoms with E-state index in [0.717, 1.165) is 17.2 Å². The van der Waals surface area contributed by atoms with Crippen molar-refractivity contribution in [3.05, 3.63) is 36.4 Å². The van der Waals surface area contributed by atoms with E-state index in [1.54, 1.807) is 24.3 Å². The van der Waals surface area contributed by atoms with Crippen LogP contribution in [-0.4, -0.2) is 24.3 Å². The summed E-state index contributed by atoms with van der Waals surface area (Å²) in [6, 6.07) is 10.5. The Hall–Kier alpha value is -2.23. The molecule has 0 amide bonds. The maximum atomic E-state index is 11.4. The molecule has 0 bridgehead atoms. The number of fused-ring (bicyclic) bond motifs is 1. The molecule has 1 N–H and O–H groups in total. The molecule has 4 heteroatoms. The molecule has 0 aromatic heterocycles. The van der Waals surface area contributed by atoms with Crippen LogP contribution in [0, 0.1) is 0 Å². The van der Waals surface area contributed by atoms with Gasteiger partial charge in [0.1, 0.15) is 11.5 Å². The second kappa shape index (κ2) is 6.09. The summed E-state index contributed by atoms with van der Waals surface area (Å²) in [5, 5.41) is 11.2. The van der Waals surface area contributed by atoms with Crippen LogP contribution in [0.25, 0.3) is 10.8 Å². The number of esters is 1. The summed E-state index contributed by atoms with van der Waals surface area (Å²) in [7, 11) is 0. The van der Waals surface area contributed by atoms with Crippen LogP contribution in [0.4, 0.5) is 0 Å². The zero-order chi connectivity index (χ0) is 13.7. The van der Waals surface area contributed by atoms with E-state index in [2.05, 4.69) is 0 Å². The Kier molecular flexibility index (Phi) is 4.23. The summed E-state index contributed by atoms with van der Waals surface area (Å²) >= 11 is 0. The highest BCUT2D eigenvalue weighted by Crippen LogP contribution is 2.28. The number of phenols is 1. The zero-order valence-electron chi connectivity index (χ0n) is 10.8. The van der Waals surface area contributed by atoms with Gasteiger partial charge in [-0.15, -0.1) is 0 Å². The van der Waals surface area contributed by atoms with Crippen LogP contribution in [0.2, 0.25) is 0 Å². The second-order valence-electron chi connectivity index (χ2n) is 4.17. The van der Waals surface area contributed by atoms with E-state index < -0.39 is 0 Å². The fraction of sp³-hybridized carbons (Fsp3) is 0.267. The third kappa shape index (κ3) is 3.37. The van der Waals surface area contributed by atoms with Crippen LogP contribution in [0.5, 0.6) is 11.5 Å². The van der Waals surface area contributed by atoms with Crippen LogP contribution >= 0.6 is 0 Å². The van der Waals surface area contributed by atoms with E-state index in [0.29, 0.717) is 12.4 Å². The summed E-state index contributed by atoms with van der Waals surface area (Å²) in [6.07, 6.45) is 0.786. The number of hydrogen-bond donors (Lipinski definition) is 1. The number of benzene rings is 2. The van der Waals surface area contributed by atoms with Crippen LogP contribution in [0.1, 0.15) is 13.3 Å². The molecule has 2 aromatic rings. The normalized spacial score (nSPS) is 10.4. The van der Waals surface area contributed by atoms with Crippen molar-refractivity contribution in [2.24, 2.45) is 0 Å². The zero-order valence-corrected chi connectivity index (χ0v) is 10.8. The average Bonchev–Trinajstić information content (AvgIpc) is 2.42. The summed E-state index contributed by atoms with van der Waals surface area (Å²) < 4.78 is 10.4. The largest absolute Gasteiger partial charge is 0.508 e. The van der Waals surface area contributed by atoms with Gasteiger partial charge in [-0.25, -0.2) is 4.79 Å². The first-order valence-electron chi connectivity index (χ1n) is 6.21. The fourth-order valence-electron chi connectivity index (χ4n) is 1.75. The minimum Gasteiger partial charge on any atom is -0.508 e. The molecule has 0 spiro atoms. The van der Waals surface area contributed by atoms with Gasteiger partial charge in [-0.1, -0.05) is 25.1 Å². The highest BCUT2D eigenvalue weighted by molar-refractivity contribution is 5.89. The Labute approximate surface area is 111 Å². The van der Waals surface area contributed by atoms with Crippen molar-refractivity contribution in [1.82, 2.24) is 0 Å². The molecule has 0 fully saturated rings. The summed E-state index contributed by atoms with van der Waals surface area (Å²) in [6.45, 7) is 2.20. The van der Waals surface area contributed by atoms with Crippen molar-refractivity contribution in [1.29, 1.82) is 0 Å². The van der Waals surface area contributed by atoms with Crippen molar-refractivity contribution in [2.75, 3.05) is 13.2 Å². The summed E-state index contributed by atoms with van der Waals surface area (Å²) in [5.41, 5.74) is 0. The van der Waals surface area contributed by atoms with Gasteiger partial charge in [0.2, 0.25) is 0 Å². The lowest BCUT2D eigenvalue weighted by molar-refractivity contribution is -0.145. The van der Waals surface area contributed by atoms with Crippen molar-refractivity contribution in [3.8, 4) is 11.5 Å². The smallest absolute Gasteiger partial charge is 0.344 e. The topological polar surface area (TPSA) is 55.8 Å². The van der Waals surface area contributed by atoms with Crippen LogP contribution < -0.4 is 4.74 Å². The Morgan fingerprint density at radius 1 is 1.26 bits per heavy atom. The Morgan fingerprint density at radius 2 is 2.11 bits per heavy atom. The molecule has 2 aromatic carbocycles. The predicted molar refractivity (Wildman–Crippen MR) is 72.4 cm³/mol. The Bertz CT molecular complexity index is 577. The monoisotopic (exact) mass is 260 g/mol. The molecule has 19 heavy (non-hydrogen) atoms. The van der Waals surface area contributed by atoms with Crippen molar-refractivity contribution in [3.63, 3.8) is 0 Å². The third-order valence-corrected chi connectivity index (χ3v) is 2.64. The number of aromatic hydroxyl groups is 1. The molecule has 0 aliphatic heterocycles. The number of carbonyl (C=O) groups excluding carboxylic acids is 1. The Morgan fingerprint density at radius 3 is 2.89 bits per heavy atom. The van der Waals surface area contributed by atoms with E-state index in [9.17, 15) is 9.90 Å². The fourth-order valence-corrected chi connectivity index (χ4v) is 1.75. The van der Waals surface area contributed by atoms with Crippen LogP contribution in [0.15, 0.2) is 36.4 Å². The molecule has 0 saturated carbocycles. The first-order chi connectivity index (χ1) is 9.20. The van der Waals surface area contributed by atoms with Gasteiger partial charge in [0, 0.05) is 5.39 Å². The summed E-state index contributed by atoms with van der Waals surface area (Å²) in [4.78, 5) is 11.4. The molecule has 2 rings (SSSR count).